The SMILES string of the molecule is COc1cccc(C=NNC(=O)c2c(-c3ccccc3)noc2C)c1. The highest BCUT2D eigenvalue weighted by Gasteiger charge is 2.21. The number of ether oxygens (including phenoxy) is 1. The summed E-state index contributed by atoms with van der Waals surface area (Å²) in [7, 11) is 1.60. The predicted molar refractivity (Wildman–Crippen MR) is 94.7 cm³/mol. The Bertz CT molecular complexity index is 901. The van der Waals surface area contributed by atoms with Crippen molar-refractivity contribution in [3.05, 3.63) is 71.5 Å². The fourth-order valence-corrected chi connectivity index (χ4v) is 2.38. The highest BCUT2D eigenvalue weighted by atomic mass is 16.5. The molecule has 0 bridgehead atoms. The van der Waals surface area contributed by atoms with E-state index in [9.17, 15) is 4.79 Å². The van der Waals surface area contributed by atoms with Gasteiger partial charge in [-0.05, 0) is 24.6 Å². The van der Waals surface area contributed by atoms with E-state index in [0.29, 0.717) is 17.0 Å². The number of carbonyl (C=O) groups excluding carboxylic acids is 1. The molecule has 1 aromatic heterocycles. The number of nitrogens with zero attached hydrogens (tertiary/aromatic N) is 2. The van der Waals surface area contributed by atoms with Crippen LogP contribution in [0.4, 0.5) is 0 Å². The van der Waals surface area contributed by atoms with Gasteiger partial charge in [-0.15, -0.1) is 0 Å². The number of aromatic nitrogens is 1. The summed E-state index contributed by atoms with van der Waals surface area (Å²) in [6.07, 6.45) is 1.55. The Balaban J connectivity index is 1.78. The van der Waals surface area contributed by atoms with E-state index in [1.54, 1.807) is 20.2 Å². The zero-order valence-corrected chi connectivity index (χ0v) is 13.9. The number of carbonyl (C=O) groups is 1. The van der Waals surface area contributed by atoms with Crippen LogP contribution in [0.25, 0.3) is 11.3 Å². The molecule has 0 unspecified atom stereocenters. The van der Waals surface area contributed by atoms with Gasteiger partial charge in [0.05, 0.1) is 13.3 Å². The Labute approximate surface area is 145 Å². The van der Waals surface area contributed by atoms with Crippen LogP contribution in [0, 0.1) is 6.92 Å². The molecule has 3 aromatic rings. The monoisotopic (exact) mass is 335 g/mol. The first kappa shape index (κ1) is 16.4. The molecule has 1 amide bonds. The molecule has 2 aromatic carbocycles. The summed E-state index contributed by atoms with van der Waals surface area (Å²) < 4.78 is 10.3. The van der Waals surface area contributed by atoms with E-state index in [4.69, 9.17) is 9.26 Å². The summed E-state index contributed by atoms with van der Waals surface area (Å²) in [6.45, 7) is 1.69. The normalized spacial score (nSPS) is 10.8. The molecule has 0 aliphatic heterocycles. The maximum atomic E-state index is 12.5. The van der Waals surface area contributed by atoms with Crippen molar-refractivity contribution in [2.24, 2.45) is 5.10 Å². The first-order valence-electron chi connectivity index (χ1n) is 7.68. The second kappa shape index (κ2) is 7.44. The van der Waals surface area contributed by atoms with Crippen molar-refractivity contribution >= 4 is 12.1 Å². The fourth-order valence-electron chi connectivity index (χ4n) is 2.38. The van der Waals surface area contributed by atoms with E-state index >= 15 is 0 Å². The molecule has 25 heavy (non-hydrogen) atoms. The molecule has 0 saturated heterocycles. The molecule has 0 aliphatic carbocycles. The molecule has 0 fully saturated rings. The number of hydrogen-bond acceptors (Lipinski definition) is 5. The van der Waals surface area contributed by atoms with Gasteiger partial charge in [-0.1, -0.05) is 47.6 Å². The van der Waals surface area contributed by atoms with Crippen LogP contribution in [-0.2, 0) is 0 Å². The van der Waals surface area contributed by atoms with Crippen LogP contribution in [0.5, 0.6) is 5.75 Å². The fraction of sp³-hybridized carbons (Fsp3) is 0.105. The van der Waals surface area contributed by atoms with E-state index < -0.39 is 0 Å². The summed E-state index contributed by atoms with van der Waals surface area (Å²) in [5.74, 6) is 0.779. The number of amides is 1. The van der Waals surface area contributed by atoms with Crippen LogP contribution < -0.4 is 10.2 Å². The quantitative estimate of drug-likeness (QED) is 0.572. The van der Waals surface area contributed by atoms with Gasteiger partial charge >= 0.3 is 0 Å². The number of hydrazone groups is 1. The van der Waals surface area contributed by atoms with Crippen molar-refractivity contribution in [3.8, 4) is 17.0 Å². The van der Waals surface area contributed by atoms with Gasteiger partial charge in [-0.25, -0.2) is 5.43 Å². The maximum absolute atomic E-state index is 12.5. The molecular formula is C19H17N3O3. The van der Waals surface area contributed by atoms with Crippen molar-refractivity contribution in [2.75, 3.05) is 7.11 Å². The highest BCUT2D eigenvalue weighted by molar-refractivity contribution is 6.01. The molecule has 0 spiro atoms. The molecule has 6 nitrogen and oxygen atoms in total. The second-order valence-corrected chi connectivity index (χ2v) is 5.30. The van der Waals surface area contributed by atoms with Gasteiger partial charge in [0, 0.05) is 5.56 Å². The third kappa shape index (κ3) is 3.74. The van der Waals surface area contributed by atoms with Gasteiger partial charge < -0.3 is 9.26 Å². The van der Waals surface area contributed by atoms with Gasteiger partial charge in [-0.2, -0.15) is 5.10 Å². The average Bonchev–Trinajstić information content (AvgIpc) is 3.04. The summed E-state index contributed by atoms with van der Waals surface area (Å²) in [5, 5.41) is 7.99. The highest BCUT2D eigenvalue weighted by Crippen LogP contribution is 2.24. The molecular weight excluding hydrogens is 318 g/mol. The van der Waals surface area contributed by atoms with Gasteiger partial charge in [0.15, 0.2) is 0 Å². The molecule has 126 valence electrons. The summed E-state index contributed by atoms with van der Waals surface area (Å²) in [6, 6.07) is 16.7. The lowest BCUT2D eigenvalue weighted by Gasteiger charge is -2.02. The van der Waals surface area contributed by atoms with Crippen LogP contribution in [0.15, 0.2) is 64.2 Å². The lowest BCUT2D eigenvalue weighted by molar-refractivity contribution is 0.0954. The van der Waals surface area contributed by atoms with Crippen molar-refractivity contribution < 1.29 is 14.1 Å². The van der Waals surface area contributed by atoms with E-state index in [1.807, 2.05) is 54.6 Å². The van der Waals surface area contributed by atoms with Gasteiger partial charge in [0.1, 0.15) is 22.8 Å². The maximum Gasteiger partial charge on any atom is 0.277 e. The molecule has 0 atom stereocenters. The predicted octanol–water partition coefficient (Wildman–Crippen LogP) is 3.42. The molecule has 1 heterocycles. The first-order chi connectivity index (χ1) is 12.2. The molecule has 0 saturated carbocycles. The standard InChI is InChI=1S/C19H17N3O3/c1-13-17(18(22-25-13)15-8-4-3-5-9-15)19(23)21-20-12-14-7-6-10-16(11-14)24-2/h3-12H,1-2H3,(H,21,23). The number of aryl methyl sites for hydroxylation is 1. The van der Waals surface area contributed by atoms with Crippen LogP contribution in [0.1, 0.15) is 21.7 Å². The Morgan fingerprint density at radius 3 is 2.76 bits per heavy atom. The minimum absolute atomic E-state index is 0.369. The molecule has 6 heteroatoms. The van der Waals surface area contributed by atoms with E-state index in [2.05, 4.69) is 15.7 Å². The largest absolute Gasteiger partial charge is 0.497 e. The van der Waals surface area contributed by atoms with Crippen LogP contribution in [0.2, 0.25) is 0 Å². The lowest BCUT2D eigenvalue weighted by atomic mass is 10.1. The first-order valence-corrected chi connectivity index (χ1v) is 7.68. The number of nitrogens with one attached hydrogen (secondary N) is 1. The van der Waals surface area contributed by atoms with Gasteiger partial charge in [0.2, 0.25) is 0 Å². The molecule has 3 rings (SSSR count). The van der Waals surface area contributed by atoms with Crippen molar-refractivity contribution in [3.63, 3.8) is 0 Å². The minimum Gasteiger partial charge on any atom is -0.497 e. The van der Waals surface area contributed by atoms with Crippen molar-refractivity contribution in [2.45, 2.75) is 6.92 Å². The Hall–Kier alpha value is -3.41. The second-order valence-electron chi connectivity index (χ2n) is 5.30. The van der Waals surface area contributed by atoms with Crippen LogP contribution in [-0.4, -0.2) is 24.4 Å². The summed E-state index contributed by atoms with van der Waals surface area (Å²) >= 11 is 0. The molecule has 0 radical (unpaired) electrons. The number of rotatable bonds is 5. The Kier molecular flexibility index (Phi) is 4.89. The van der Waals surface area contributed by atoms with E-state index in [0.717, 1.165) is 16.9 Å². The number of benzene rings is 2. The van der Waals surface area contributed by atoms with E-state index in [1.165, 1.54) is 0 Å². The molecule has 1 N–H and O–H groups in total. The number of hydrogen-bond donors (Lipinski definition) is 1. The third-order valence-corrected chi connectivity index (χ3v) is 3.61. The van der Waals surface area contributed by atoms with Gasteiger partial charge in [-0.3, -0.25) is 4.79 Å². The topological polar surface area (TPSA) is 76.7 Å². The zero-order valence-electron chi connectivity index (χ0n) is 13.9. The van der Waals surface area contributed by atoms with Crippen LogP contribution in [0.3, 0.4) is 0 Å². The Morgan fingerprint density at radius 1 is 1.20 bits per heavy atom. The van der Waals surface area contributed by atoms with Gasteiger partial charge in [0.25, 0.3) is 5.91 Å². The lowest BCUT2D eigenvalue weighted by Crippen LogP contribution is -2.18. The third-order valence-electron chi connectivity index (χ3n) is 3.61. The van der Waals surface area contributed by atoms with E-state index in [-0.39, 0.29) is 5.91 Å². The average molecular weight is 335 g/mol. The van der Waals surface area contributed by atoms with Crippen molar-refractivity contribution in [1.29, 1.82) is 0 Å². The summed E-state index contributed by atoms with van der Waals surface area (Å²) in [5.41, 5.74) is 4.99. The zero-order chi connectivity index (χ0) is 17.6. The number of methoxy groups -OCH3 is 1. The minimum atomic E-state index is -0.378. The van der Waals surface area contributed by atoms with Crippen LogP contribution >= 0.6 is 0 Å². The smallest absolute Gasteiger partial charge is 0.277 e. The molecule has 0 aliphatic rings. The van der Waals surface area contributed by atoms with Crippen molar-refractivity contribution in [1.82, 2.24) is 10.6 Å². The Morgan fingerprint density at radius 2 is 2.00 bits per heavy atom. The summed E-state index contributed by atoms with van der Waals surface area (Å²) in [4.78, 5) is 12.5.